The first-order chi connectivity index (χ1) is 12.2. The van der Waals surface area contributed by atoms with Gasteiger partial charge < -0.3 is 15.4 Å². The van der Waals surface area contributed by atoms with E-state index in [0.717, 1.165) is 16.5 Å². The molecule has 0 saturated carbocycles. The molecule has 0 radical (unpaired) electrons. The van der Waals surface area contributed by atoms with Crippen molar-refractivity contribution < 1.29 is 14.3 Å². The second kappa shape index (κ2) is 8.13. The highest BCUT2D eigenvalue weighted by Crippen LogP contribution is 2.24. The van der Waals surface area contributed by atoms with Crippen molar-refractivity contribution in [2.24, 2.45) is 4.99 Å². The molecule has 1 saturated heterocycles. The minimum Gasteiger partial charge on any atom is -0.383 e. The molecule has 1 fully saturated rings. The summed E-state index contributed by atoms with van der Waals surface area (Å²) in [6, 6.07) is 13.7. The number of amidine groups is 1. The molecule has 1 heterocycles. The molecule has 7 heteroatoms. The van der Waals surface area contributed by atoms with Gasteiger partial charge in [-0.3, -0.25) is 14.6 Å². The molecule has 2 amide bonds. The molecule has 25 heavy (non-hydrogen) atoms. The number of hydrogen-bond donors (Lipinski definition) is 2. The molecule has 0 aliphatic carbocycles. The molecule has 1 atom stereocenters. The Morgan fingerprint density at radius 3 is 2.88 bits per heavy atom. The van der Waals surface area contributed by atoms with Gasteiger partial charge in [0.25, 0.3) is 0 Å². The number of nitrogens with one attached hydrogen (secondary N) is 2. The van der Waals surface area contributed by atoms with Crippen LogP contribution in [0.1, 0.15) is 6.42 Å². The number of amides is 2. The number of ether oxygens (including phenoxy) is 1. The van der Waals surface area contributed by atoms with Gasteiger partial charge in [0.1, 0.15) is 5.25 Å². The lowest BCUT2D eigenvalue weighted by Gasteiger charge is -2.08. The summed E-state index contributed by atoms with van der Waals surface area (Å²) in [5.74, 6) is -0.379. The molecule has 3 rings (SSSR count). The predicted octanol–water partition coefficient (Wildman–Crippen LogP) is 2.40. The van der Waals surface area contributed by atoms with Gasteiger partial charge in [0.05, 0.1) is 13.2 Å². The zero-order chi connectivity index (χ0) is 17.6. The lowest BCUT2D eigenvalue weighted by atomic mass is 10.1. The van der Waals surface area contributed by atoms with Crippen LogP contribution in [0.5, 0.6) is 0 Å². The van der Waals surface area contributed by atoms with E-state index in [2.05, 4.69) is 15.6 Å². The molecule has 2 aromatic carbocycles. The summed E-state index contributed by atoms with van der Waals surface area (Å²) in [5.41, 5.74) is 0.723. The zero-order valence-electron chi connectivity index (χ0n) is 13.8. The van der Waals surface area contributed by atoms with Gasteiger partial charge >= 0.3 is 0 Å². The van der Waals surface area contributed by atoms with E-state index < -0.39 is 5.25 Å². The Labute approximate surface area is 150 Å². The third kappa shape index (κ3) is 4.58. The van der Waals surface area contributed by atoms with Crippen LogP contribution in [-0.2, 0) is 14.3 Å². The van der Waals surface area contributed by atoms with Crippen LogP contribution >= 0.6 is 11.8 Å². The fourth-order valence-corrected chi connectivity index (χ4v) is 3.50. The zero-order valence-corrected chi connectivity index (χ0v) is 14.6. The van der Waals surface area contributed by atoms with Crippen LogP contribution in [0.25, 0.3) is 10.8 Å². The van der Waals surface area contributed by atoms with E-state index in [1.54, 1.807) is 7.11 Å². The molecule has 2 aromatic rings. The van der Waals surface area contributed by atoms with Gasteiger partial charge in [-0.1, -0.05) is 42.1 Å². The predicted molar refractivity (Wildman–Crippen MR) is 101 cm³/mol. The van der Waals surface area contributed by atoms with Gasteiger partial charge in [-0.25, -0.2) is 0 Å². The lowest BCUT2D eigenvalue weighted by Crippen LogP contribution is -2.28. The van der Waals surface area contributed by atoms with Gasteiger partial charge in [-0.15, -0.1) is 0 Å². The molecule has 2 N–H and O–H groups in total. The third-order valence-corrected chi connectivity index (χ3v) is 4.85. The Balaban J connectivity index is 1.58. The smallest absolute Gasteiger partial charge is 0.240 e. The van der Waals surface area contributed by atoms with Gasteiger partial charge in [0.2, 0.25) is 11.8 Å². The number of fused-ring (bicyclic) bond motifs is 1. The van der Waals surface area contributed by atoms with Crippen LogP contribution in [0.2, 0.25) is 0 Å². The summed E-state index contributed by atoms with van der Waals surface area (Å²) in [5, 5.41) is 7.81. The van der Waals surface area contributed by atoms with Crippen molar-refractivity contribution in [2.45, 2.75) is 11.7 Å². The maximum Gasteiger partial charge on any atom is 0.240 e. The number of rotatable bonds is 6. The second-order valence-electron chi connectivity index (χ2n) is 5.59. The SMILES string of the molecule is COCCN=C1NC(=O)[C@@H](CC(=O)Nc2ccc3ccccc3c2)S1. The van der Waals surface area contributed by atoms with Gasteiger partial charge in [0.15, 0.2) is 5.17 Å². The standard InChI is InChI=1S/C18H19N3O3S/c1-24-9-8-19-18-21-17(23)15(25-18)11-16(22)20-14-7-6-12-4-2-3-5-13(12)10-14/h2-7,10,15H,8-9,11H2,1H3,(H,20,22)(H,19,21,23)/t15-/m1/s1. The Morgan fingerprint density at radius 1 is 1.28 bits per heavy atom. The van der Waals surface area contributed by atoms with Crippen LogP contribution in [0.15, 0.2) is 47.5 Å². The van der Waals surface area contributed by atoms with Crippen LogP contribution in [-0.4, -0.2) is 42.5 Å². The minimum atomic E-state index is -0.457. The average molecular weight is 357 g/mol. The summed E-state index contributed by atoms with van der Waals surface area (Å²) < 4.78 is 4.92. The summed E-state index contributed by atoms with van der Waals surface area (Å²) in [4.78, 5) is 28.4. The monoisotopic (exact) mass is 357 g/mol. The summed E-state index contributed by atoms with van der Waals surface area (Å²) >= 11 is 1.28. The Bertz CT molecular complexity index is 822. The third-order valence-electron chi connectivity index (χ3n) is 3.73. The lowest BCUT2D eigenvalue weighted by molar-refractivity contribution is -0.122. The van der Waals surface area contributed by atoms with Crippen molar-refractivity contribution in [3.05, 3.63) is 42.5 Å². The molecular formula is C18H19N3O3S. The quantitative estimate of drug-likeness (QED) is 0.778. The normalized spacial score (nSPS) is 18.5. The van der Waals surface area contributed by atoms with Crippen molar-refractivity contribution >= 4 is 45.2 Å². The molecule has 0 unspecified atom stereocenters. The fourth-order valence-electron chi connectivity index (χ4n) is 2.50. The highest BCUT2D eigenvalue weighted by molar-refractivity contribution is 8.15. The number of carbonyl (C=O) groups is 2. The van der Waals surface area contributed by atoms with Crippen LogP contribution in [0.3, 0.4) is 0 Å². The summed E-state index contributed by atoms with van der Waals surface area (Å²) in [6.07, 6.45) is 0.104. The van der Waals surface area contributed by atoms with Gasteiger partial charge in [-0.05, 0) is 22.9 Å². The highest BCUT2D eigenvalue weighted by atomic mass is 32.2. The van der Waals surface area contributed by atoms with E-state index in [1.807, 2.05) is 42.5 Å². The minimum absolute atomic E-state index is 0.104. The molecular weight excluding hydrogens is 338 g/mol. The molecule has 6 nitrogen and oxygen atoms in total. The van der Waals surface area contributed by atoms with Crippen molar-refractivity contribution in [3.8, 4) is 0 Å². The largest absolute Gasteiger partial charge is 0.383 e. The first-order valence-electron chi connectivity index (χ1n) is 7.95. The number of aliphatic imine (C=N–C) groups is 1. The topological polar surface area (TPSA) is 79.8 Å². The second-order valence-corrected chi connectivity index (χ2v) is 6.78. The van der Waals surface area contributed by atoms with E-state index in [1.165, 1.54) is 11.8 Å². The molecule has 1 aliphatic heterocycles. The number of thioether (sulfide) groups is 1. The highest BCUT2D eigenvalue weighted by Gasteiger charge is 2.31. The van der Waals surface area contributed by atoms with Crippen molar-refractivity contribution in [2.75, 3.05) is 25.6 Å². The maximum atomic E-state index is 12.3. The molecule has 0 aromatic heterocycles. The van der Waals surface area contributed by atoms with Crippen LogP contribution in [0, 0.1) is 0 Å². The number of nitrogens with zero attached hydrogens (tertiary/aromatic N) is 1. The van der Waals surface area contributed by atoms with E-state index in [-0.39, 0.29) is 18.2 Å². The Kier molecular flexibility index (Phi) is 5.67. The van der Waals surface area contributed by atoms with Gasteiger partial charge in [-0.2, -0.15) is 0 Å². The fraction of sp³-hybridized carbons (Fsp3) is 0.278. The first kappa shape index (κ1) is 17.4. The van der Waals surface area contributed by atoms with Gasteiger partial charge in [0, 0.05) is 19.2 Å². The summed E-state index contributed by atoms with van der Waals surface area (Å²) in [6.45, 7) is 0.974. The van der Waals surface area contributed by atoms with E-state index in [9.17, 15) is 9.59 Å². The number of methoxy groups -OCH3 is 1. The van der Waals surface area contributed by atoms with Crippen molar-refractivity contribution in [1.29, 1.82) is 0 Å². The first-order valence-corrected chi connectivity index (χ1v) is 8.83. The van der Waals surface area contributed by atoms with Crippen LogP contribution < -0.4 is 10.6 Å². The number of benzene rings is 2. The number of hydrogen-bond acceptors (Lipinski definition) is 5. The number of carbonyl (C=O) groups excluding carboxylic acids is 2. The number of anilines is 1. The maximum absolute atomic E-state index is 12.3. The Hall–Kier alpha value is -2.38. The van der Waals surface area contributed by atoms with E-state index in [4.69, 9.17) is 4.74 Å². The Morgan fingerprint density at radius 2 is 2.08 bits per heavy atom. The molecule has 0 spiro atoms. The molecule has 0 bridgehead atoms. The van der Waals surface area contributed by atoms with E-state index >= 15 is 0 Å². The average Bonchev–Trinajstić information content (AvgIpc) is 2.94. The summed E-state index contributed by atoms with van der Waals surface area (Å²) in [7, 11) is 1.60. The van der Waals surface area contributed by atoms with Crippen molar-refractivity contribution in [1.82, 2.24) is 5.32 Å². The molecule has 130 valence electrons. The van der Waals surface area contributed by atoms with E-state index in [0.29, 0.717) is 18.3 Å². The van der Waals surface area contributed by atoms with Crippen molar-refractivity contribution in [3.63, 3.8) is 0 Å². The molecule has 1 aliphatic rings. The van der Waals surface area contributed by atoms with Crippen LogP contribution in [0.4, 0.5) is 5.69 Å².